The average molecular weight is 503 g/mol. The molecule has 0 aliphatic carbocycles. The molecule has 0 amide bonds. The summed E-state index contributed by atoms with van der Waals surface area (Å²) >= 11 is 2.08. The summed E-state index contributed by atoms with van der Waals surface area (Å²) in [6.07, 6.45) is 7.38. The number of unbranched alkanes of at least 4 members (excludes halogenated alkanes) is 4. The fourth-order valence-corrected chi connectivity index (χ4v) is 2.24. The Morgan fingerprint density at radius 2 is 0.917 bits per heavy atom. The van der Waals surface area contributed by atoms with Crippen molar-refractivity contribution in [2.45, 2.75) is 85.2 Å². The minimum atomic E-state index is -1.27. The second-order valence-corrected chi connectivity index (χ2v) is 6.62. The van der Waals surface area contributed by atoms with E-state index in [1.165, 1.54) is 38.0 Å². The van der Waals surface area contributed by atoms with E-state index >= 15 is 0 Å². The number of ether oxygens (including phenoxy) is 3. The van der Waals surface area contributed by atoms with Crippen molar-refractivity contribution in [2.75, 3.05) is 26.4 Å². The maximum atomic E-state index is 5.67. The number of hydrogen-bond donors (Lipinski definition) is 0. The van der Waals surface area contributed by atoms with E-state index in [1.54, 1.807) is 0 Å². The van der Waals surface area contributed by atoms with Gasteiger partial charge in [0.15, 0.2) is 0 Å². The van der Waals surface area contributed by atoms with Gasteiger partial charge >= 0.3 is 182 Å². The Kier molecular flexibility index (Phi) is 26.2. The first-order chi connectivity index (χ1) is 11.7. The molecule has 0 aromatic heterocycles. The van der Waals surface area contributed by atoms with Gasteiger partial charge in [-0.2, -0.15) is 0 Å². The van der Waals surface area contributed by atoms with Crippen molar-refractivity contribution in [1.82, 2.24) is 0 Å². The van der Waals surface area contributed by atoms with Gasteiger partial charge in [-0.3, -0.25) is 0 Å². The molecule has 0 saturated heterocycles. The van der Waals surface area contributed by atoms with Gasteiger partial charge in [-0.15, -0.1) is 0 Å². The Hall–Kier alpha value is 1.57. The number of hydrogen-bond acceptors (Lipinski definition) is 5. The summed E-state index contributed by atoms with van der Waals surface area (Å²) in [6, 6.07) is 0. The predicted octanol–water partition coefficient (Wildman–Crippen LogP) is 4.79. The third kappa shape index (κ3) is 18.4. The molecule has 0 aliphatic heterocycles. The maximum absolute atomic E-state index is 5.67. The standard InChI is InChI=1S/C13H27O4.C4H9O.2Zr/c1-4-7-10-15-13(14,16-11-8-5-2)17-12-9-6-3;1-2-3-4-5;;/h4-12H2,1-3H3;2-4H2,1H3;;/q2*-1;2*+1. The summed E-state index contributed by atoms with van der Waals surface area (Å²) < 4.78 is 27.3. The van der Waals surface area contributed by atoms with Gasteiger partial charge < -0.3 is 0 Å². The van der Waals surface area contributed by atoms with Gasteiger partial charge in [-0.1, -0.05) is 0 Å². The topological polar surface area (TPSA) is 46.2 Å². The van der Waals surface area contributed by atoms with Crippen molar-refractivity contribution in [3.05, 3.63) is 0 Å². The van der Waals surface area contributed by atoms with E-state index in [4.69, 9.17) is 19.8 Å². The van der Waals surface area contributed by atoms with Crippen molar-refractivity contribution in [2.24, 2.45) is 0 Å². The first-order valence-electron chi connectivity index (χ1n) is 9.21. The average Bonchev–Trinajstić information content (AvgIpc) is 2.60. The zero-order chi connectivity index (χ0) is 18.5. The van der Waals surface area contributed by atoms with E-state index in [-0.39, 0.29) is 0 Å². The molecule has 0 atom stereocenters. The first-order valence-corrected chi connectivity index (χ1v) is 11.2. The Morgan fingerprint density at radius 1 is 0.583 bits per heavy atom. The van der Waals surface area contributed by atoms with Gasteiger partial charge in [0.1, 0.15) is 0 Å². The van der Waals surface area contributed by atoms with Crippen LogP contribution in [0.5, 0.6) is 0 Å². The van der Waals surface area contributed by atoms with Gasteiger partial charge in [0.2, 0.25) is 0 Å². The fourth-order valence-electron chi connectivity index (χ4n) is 1.45. The van der Waals surface area contributed by atoms with Crippen LogP contribution in [0.25, 0.3) is 0 Å². The van der Waals surface area contributed by atoms with Crippen LogP contribution in [0.1, 0.15) is 79.1 Å². The third-order valence-electron chi connectivity index (χ3n) is 3.06. The van der Waals surface area contributed by atoms with E-state index in [1.807, 2.05) is 0 Å². The fraction of sp³-hybridized carbons (Fsp3) is 1.00. The summed E-state index contributed by atoms with van der Waals surface area (Å²) in [5.41, 5.74) is 0. The summed E-state index contributed by atoms with van der Waals surface area (Å²) in [6.45, 7) is 11.3. The molecule has 0 rings (SSSR count). The Bertz CT molecular complexity index is 202. The second kappa shape index (κ2) is 22.6. The van der Waals surface area contributed by atoms with Gasteiger partial charge in [-0.05, 0) is 0 Å². The molecule has 5 nitrogen and oxygen atoms in total. The normalized spacial score (nSPS) is 11.1. The van der Waals surface area contributed by atoms with Gasteiger partial charge in [0.05, 0.1) is 0 Å². The molecule has 142 valence electrons. The molecular weight excluding hydrogens is 467 g/mol. The first kappa shape index (κ1) is 27.8. The van der Waals surface area contributed by atoms with Crippen molar-refractivity contribution in [3.63, 3.8) is 0 Å². The minimum absolute atomic E-state index is 0.600. The molecule has 0 aliphatic rings. The molecule has 0 N–H and O–H groups in total. The van der Waals surface area contributed by atoms with Crippen LogP contribution in [0.2, 0.25) is 0 Å². The van der Waals surface area contributed by atoms with E-state index < -0.39 is 6.16 Å². The van der Waals surface area contributed by atoms with E-state index in [2.05, 4.69) is 27.7 Å². The SMILES string of the molecule is CCCCOC([O][Zr])(OCCCC)OCCCC.CCCC[O][Zr]. The predicted molar refractivity (Wildman–Crippen MR) is 87.3 cm³/mol. The number of rotatable bonds is 16. The second-order valence-electron chi connectivity index (χ2n) is 5.41. The Labute approximate surface area is 180 Å². The van der Waals surface area contributed by atoms with Crippen molar-refractivity contribution >= 4 is 0 Å². The van der Waals surface area contributed by atoms with E-state index in [9.17, 15) is 0 Å². The molecule has 0 saturated carbocycles. The molecular formula is C17H36O5Zr2. The molecule has 0 spiro atoms. The molecule has 0 heterocycles. The molecule has 0 radical (unpaired) electrons. The summed E-state index contributed by atoms with van der Waals surface area (Å²) in [5, 5.41) is 0. The molecule has 0 aromatic carbocycles. The van der Waals surface area contributed by atoms with Crippen LogP contribution in [0.4, 0.5) is 0 Å². The zero-order valence-electron chi connectivity index (χ0n) is 16.0. The summed E-state index contributed by atoms with van der Waals surface area (Å²) in [4.78, 5) is 0. The van der Waals surface area contributed by atoms with Crippen molar-refractivity contribution < 1.29 is 70.2 Å². The summed E-state index contributed by atoms with van der Waals surface area (Å²) in [5.74, 6) is 0. The van der Waals surface area contributed by atoms with Crippen LogP contribution in [0.3, 0.4) is 0 Å². The zero-order valence-corrected chi connectivity index (χ0v) is 20.9. The van der Waals surface area contributed by atoms with Gasteiger partial charge in [-0.25, -0.2) is 0 Å². The van der Waals surface area contributed by atoms with Crippen LogP contribution in [-0.4, -0.2) is 32.6 Å². The molecule has 0 aromatic rings. The van der Waals surface area contributed by atoms with E-state index in [0.29, 0.717) is 19.8 Å². The Balaban J connectivity index is 0. The molecule has 0 unspecified atom stereocenters. The molecule has 24 heavy (non-hydrogen) atoms. The van der Waals surface area contributed by atoms with E-state index in [0.717, 1.165) is 70.3 Å². The molecule has 7 heteroatoms. The van der Waals surface area contributed by atoms with Crippen LogP contribution in [0, 0.1) is 0 Å². The van der Waals surface area contributed by atoms with Gasteiger partial charge in [0.25, 0.3) is 0 Å². The van der Waals surface area contributed by atoms with Crippen LogP contribution in [-0.2, 0) is 70.2 Å². The van der Waals surface area contributed by atoms with Gasteiger partial charge in [0, 0.05) is 0 Å². The quantitative estimate of drug-likeness (QED) is 0.224. The van der Waals surface area contributed by atoms with Crippen molar-refractivity contribution in [1.29, 1.82) is 0 Å². The van der Waals surface area contributed by atoms with Crippen molar-refractivity contribution in [3.8, 4) is 0 Å². The van der Waals surface area contributed by atoms with Crippen LogP contribution in [0.15, 0.2) is 0 Å². The summed E-state index contributed by atoms with van der Waals surface area (Å²) in [7, 11) is 0. The Morgan fingerprint density at radius 3 is 1.12 bits per heavy atom. The van der Waals surface area contributed by atoms with Crippen LogP contribution >= 0.6 is 0 Å². The van der Waals surface area contributed by atoms with Crippen LogP contribution < -0.4 is 0 Å². The molecule has 0 bridgehead atoms. The molecule has 0 fully saturated rings. The third-order valence-corrected chi connectivity index (χ3v) is 4.17. The monoisotopic (exact) mass is 500 g/mol.